The zero-order valence-corrected chi connectivity index (χ0v) is 16.2. The van der Waals surface area contributed by atoms with E-state index in [2.05, 4.69) is 19.2 Å². The molecule has 1 atom stereocenters. The van der Waals surface area contributed by atoms with E-state index in [1.54, 1.807) is 18.2 Å². The van der Waals surface area contributed by atoms with E-state index in [1.165, 1.54) is 0 Å². The zero-order valence-electron chi connectivity index (χ0n) is 14.7. The fourth-order valence-electron chi connectivity index (χ4n) is 2.92. The summed E-state index contributed by atoms with van der Waals surface area (Å²) in [6, 6.07) is 10.4. The van der Waals surface area contributed by atoms with Gasteiger partial charge in [-0.25, -0.2) is 0 Å². The van der Waals surface area contributed by atoms with E-state index in [0.717, 1.165) is 17.7 Å². The first-order valence-electron chi connectivity index (χ1n) is 8.60. The molecule has 1 amide bonds. The topological polar surface area (TPSA) is 47.6 Å². The number of carbonyl (C=O) groups excluding carboxylic acids is 1. The van der Waals surface area contributed by atoms with Gasteiger partial charge in [-0.1, -0.05) is 43.1 Å². The Bertz CT molecular complexity index is 787. The summed E-state index contributed by atoms with van der Waals surface area (Å²) in [5, 5.41) is 3.93. The van der Waals surface area contributed by atoms with E-state index >= 15 is 0 Å². The second-order valence-electron chi connectivity index (χ2n) is 6.61. The summed E-state index contributed by atoms with van der Waals surface area (Å²) >= 11 is 12.0. The van der Waals surface area contributed by atoms with E-state index in [0.29, 0.717) is 34.6 Å². The van der Waals surface area contributed by atoms with Crippen LogP contribution >= 0.6 is 23.2 Å². The van der Waals surface area contributed by atoms with Crippen molar-refractivity contribution in [3.05, 3.63) is 57.6 Å². The Balaban J connectivity index is 1.85. The summed E-state index contributed by atoms with van der Waals surface area (Å²) in [5.74, 6) is 1.41. The van der Waals surface area contributed by atoms with Gasteiger partial charge in [0, 0.05) is 22.0 Å². The van der Waals surface area contributed by atoms with Crippen molar-refractivity contribution in [3.8, 4) is 11.5 Å². The molecule has 0 saturated heterocycles. The minimum absolute atomic E-state index is 0.179. The Morgan fingerprint density at radius 2 is 1.65 bits per heavy atom. The van der Waals surface area contributed by atoms with Crippen molar-refractivity contribution in [2.45, 2.75) is 26.3 Å². The molecule has 4 nitrogen and oxygen atoms in total. The molecule has 0 saturated carbocycles. The standard InChI is InChI=1S/C20H21Cl2NO3/c1-12(2)19(23-20(24)14-8-15(21)11-16(22)9-14)13-4-5-17-18(10-13)26-7-3-6-25-17/h4-5,8-12,19H,3,6-7H2,1-2H3,(H,23,24). The minimum atomic E-state index is -0.222. The second kappa shape index (κ2) is 8.19. The van der Waals surface area contributed by atoms with E-state index in [9.17, 15) is 4.79 Å². The van der Waals surface area contributed by atoms with E-state index in [-0.39, 0.29) is 17.9 Å². The molecule has 0 spiro atoms. The first kappa shape index (κ1) is 18.9. The van der Waals surface area contributed by atoms with Crippen LogP contribution in [0.25, 0.3) is 0 Å². The molecular formula is C20H21Cl2NO3. The predicted octanol–water partition coefficient (Wildman–Crippen LogP) is 5.28. The molecule has 3 rings (SSSR count). The van der Waals surface area contributed by atoms with Crippen LogP contribution in [0.1, 0.15) is 42.2 Å². The van der Waals surface area contributed by atoms with Gasteiger partial charge in [-0.15, -0.1) is 0 Å². The van der Waals surface area contributed by atoms with Gasteiger partial charge >= 0.3 is 0 Å². The van der Waals surface area contributed by atoms with Crippen molar-refractivity contribution in [1.29, 1.82) is 0 Å². The lowest BCUT2D eigenvalue weighted by Crippen LogP contribution is -2.31. The van der Waals surface area contributed by atoms with Gasteiger partial charge < -0.3 is 14.8 Å². The largest absolute Gasteiger partial charge is 0.490 e. The Kier molecular flexibility index (Phi) is 5.94. The first-order chi connectivity index (χ1) is 12.4. The number of fused-ring (bicyclic) bond motifs is 1. The lowest BCUT2D eigenvalue weighted by Gasteiger charge is -2.24. The summed E-state index contributed by atoms with van der Waals surface area (Å²) in [7, 11) is 0. The van der Waals surface area contributed by atoms with Crippen molar-refractivity contribution < 1.29 is 14.3 Å². The molecule has 1 N–H and O–H groups in total. The Hall–Kier alpha value is -1.91. The Morgan fingerprint density at radius 3 is 2.31 bits per heavy atom. The maximum Gasteiger partial charge on any atom is 0.251 e. The number of rotatable bonds is 4. The van der Waals surface area contributed by atoms with Crippen LogP contribution in [0, 0.1) is 5.92 Å². The molecule has 1 heterocycles. The lowest BCUT2D eigenvalue weighted by atomic mass is 9.95. The van der Waals surface area contributed by atoms with Crippen LogP contribution < -0.4 is 14.8 Å². The highest BCUT2D eigenvalue weighted by Crippen LogP contribution is 2.34. The molecule has 2 aromatic carbocycles. The van der Waals surface area contributed by atoms with Crippen LogP contribution in [-0.2, 0) is 0 Å². The van der Waals surface area contributed by atoms with Gasteiger partial charge in [-0.05, 0) is 41.8 Å². The molecule has 26 heavy (non-hydrogen) atoms. The van der Waals surface area contributed by atoms with Crippen molar-refractivity contribution in [3.63, 3.8) is 0 Å². The molecule has 0 fully saturated rings. The van der Waals surface area contributed by atoms with Crippen LogP contribution in [-0.4, -0.2) is 19.1 Å². The number of hydrogen-bond donors (Lipinski definition) is 1. The molecule has 6 heteroatoms. The van der Waals surface area contributed by atoms with Gasteiger partial charge in [0.2, 0.25) is 0 Å². The highest BCUT2D eigenvalue weighted by Gasteiger charge is 2.22. The van der Waals surface area contributed by atoms with Crippen LogP contribution in [0.3, 0.4) is 0 Å². The molecule has 0 aliphatic carbocycles. The second-order valence-corrected chi connectivity index (χ2v) is 7.48. The SMILES string of the molecule is CC(C)C(NC(=O)c1cc(Cl)cc(Cl)c1)c1ccc2c(c1)OCCCO2. The fraction of sp³-hybridized carbons (Fsp3) is 0.350. The number of benzene rings is 2. The molecule has 1 unspecified atom stereocenters. The number of amides is 1. The highest BCUT2D eigenvalue weighted by atomic mass is 35.5. The molecule has 0 aromatic heterocycles. The number of carbonyl (C=O) groups is 1. The zero-order chi connectivity index (χ0) is 18.7. The number of ether oxygens (including phenoxy) is 2. The molecule has 2 aromatic rings. The molecule has 1 aliphatic heterocycles. The van der Waals surface area contributed by atoms with Crippen molar-refractivity contribution >= 4 is 29.1 Å². The summed E-state index contributed by atoms with van der Waals surface area (Å²) in [4.78, 5) is 12.7. The predicted molar refractivity (Wildman–Crippen MR) is 104 cm³/mol. The van der Waals surface area contributed by atoms with Gasteiger partial charge in [0.1, 0.15) is 0 Å². The average Bonchev–Trinajstić information content (AvgIpc) is 2.83. The highest BCUT2D eigenvalue weighted by molar-refractivity contribution is 6.35. The fourth-order valence-corrected chi connectivity index (χ4v) is 3.44. The summed E-state index contributed by atoms with van der Waals surface area (Å²) < 4.78 is 11.4. The molecule has 138 valence electrons. The smallest absolute Gasteiger partial charge is 0.251 e. The number of halogens is 2. The van der Waals surface area contributed by atoms with Crippen molar-refractivity contribution in [2.75, 3.05) is 13.2 Å². The van der Waals surface area contributed by atoms with E-state index in [1.807, 2.05) is 18.2 Å². The Morgan fingerprint density at radius 1 is 1.00 bits per heavy atom. The molecule has 1 aliphatic rings. The maximum absolute atomic E-state index is 12.7. The third kappa shape index (κ3) is 4.43. The van der Waals surface area contributed by atoms with Crippen LogP contribution in [0.4, 0.5) is 0 Å². The van der Waals surface area contributed by atoms with Crippen LogP contribution in [0.15, 0.2) is 36.4 Å². The van der Waals surface area contributed by atoms with Gasteiger partial charge in [0.25, 0.3) is 5.91 Å². The Labute approximate surface area is 163 Å². The third-order valence-corrected chi connectivity index (χ3v) is 4.65. The first-order valence-corrected chi connectivity index (χ1v) is 9.36. The van der Waals surface area contributed by atoms with Crippen LogP contribution in [0.2, 0.25) is 10.0 Å². The van der Waals surface area contributed by atoms with Gasteiger partial charge in [0.15, 0.2) is 11.5 Å². The van der Waals surface area contributed by atoms with E-state index in [4.69, 9.17) is 32.7 Å². The normalized spacial score (nSPS) is 14.7. The minimum Gasteiger partial charge on any atom is -0.490 e. The summed E-state index contributed by atoms with van der Waals surface area (Å²) in [6.07, 6.45) is 0.851. The molecule has 0 bridgehead atoms. The van der Waals surface area contributed by atoms with Crippen LogP contribution in [0.5, 0.6) is 11.5 Å². The number of nitrogens with one attached hydrogen (secondary N) is 1. The molecular weight excluding hydrogens is 373 g/mol. The third-order valence-electron chi connectivity index (χ3n) is 4.21. The van der Waals surface area contributed by atoms with Gasteiger partial charge in [-0.3, -0.25) is 4.79 Å². The summed E-state index contributed by atoms with van der Waals surface area (Å²) in [6.45, 7) is 5.38. The van der Waals surface area contributed by atoms with Crippen molar-refractivity contribution in [2.24, 2.45) is 5.92 Å². The molecule has 0 radical (unpaired) electrons. The van der Waals surface area contributed by atoms with Crippen molar-refractivity contribution in [1.82, 2.24) is 5.32 Å². The number of hydrogen-bond acceptors (Lipinski definition) is 3. The monoisotopic (exact) mass is 393 g/mol. The maximum atomic E-state index is 12.7. The summed E-state index contributed by atoms with van der Waals surface area (Å²) in [5.41, 5.74) is 1.40. The quantitative estimate of drug-likeness (QED) is 0.768. The lowest BCUT2D eigenvalue weighted by molar-refractivity contribution is 0.0925. The van der Waals surface area contributed by atoms with E-state index < -0.39 is 0 Å². The van der Waals surface area contributed by atoms with Gasteiger partial charge in [-0.2, -0.15) is 0 Å². The van der Waals surface area contributed by atoms with Gasteiger partial charge in [0.05, 0.1) is 19.3 Å². The average molecular weight is 394 g/mol.